The van der Waals surface area contributed by atoms with Crippen molar-refractivity contribution in [1.29, 1.82) is 0 Å². The van der Waals surface area contributed by atoms with Crippen molar-refractivity contribution in [1.82, 2.24) is 10.3 Å². The monoisotopic (exact) mass is 412 g/mol. The third-order valence-electron chi connectivity index (χ3n) is 5.41. The van der Waals surface area contributed by atoms with E-state index in [-0.39, 0.29) is 17.1 Å². The minimum absolute atomic E-state index is 0.0642. The quantitative estimate of drug-likeness (QED) is 0.406. The average Bonchev–Trinajstić information content (AvgIpc) is 2.66. The van der Waals surface area contributed by atoms with Crippen molar-refractivity contribution >= 4 is 21.8 Å². The fourth-order valence-corrected chi connectivity index (χ4v) is 4.02. The number of benzene rings is 2. The van der Waals surface area contributed by atoms with E-state index in [1.165, 1.54) is 12.1 Å². The molecule has 154 valence electrons. The van der Waals surface area contributed by atoms with Gasteiger partial charge in [-0.1, -0.05) is 24.6 Å². The molecule has 1 saturated heterocycles. The third kappa shape index (κ3) is 3.90. The Kier molecular flexibility index (Phi) is 4.93. The van der Waals surface area contributed by atoms with Crippen LogP contribution in [0.1, 0.15) is 36.0 Å². The van der Waals surface area contributed by atoms with Gasteiger partial charge in [-0.2, -0.15) is 26.3 Å². The Labute approximate surface area is 162 Å². The Hall–Kier alpha value is -2.35. The molecule has 0 amide bonds. The van der Waals surface area contributed by atoms with Crippen molar-refractivity contribution in [2.45, 2.75) is 44.1 Å². The fourth-order valence-electron chi connectivity index (χ4n) is 4.02. The predicted octanol–water partition coefficient (Wildman–Crippen LogP) is 6.11. The number of piperidine rings is 1. The zero-order valence-electron chi connectivity index (χ0n) is 15.3. The van der Waals surface area contributed by atoms with Crippen molar-refractivity contribution in [2.24, 2.45) is 0 Å². The Morgan fingerprint density at radius 3 is 2.38 bits per heavy atom. The van der Waals surface area contributed by atoms with Crippen molar-refractivity contribution in [3.63, 3.8) is 0 Å². The SMILES string of the molecule is FC(F)(F)c1ccc2c(CC3CCCCN3)c3cccc(C(F)(F)F)c3nc2c1. The zero-order valence-corrected chi connectivity index (χ0v) is 15.3. The molecule has 1 aliphatic rings. The Bertz CT molecular complexity index is 1050. The van der Waals surface area contributed by atoms with Gasteiger partial charge in [0.05, 0.1) is 22.2 Å². The fraction of sp³-hybridized carbons (Fsp3) is 0.381. The van der Waals surface area contributed by atoms with Crippen LogP contribution in [0.4, 0.5) is 26.3 Å². The number of hydrogen-bond donors (Lipinski definition) is 1. The topological polar surface area (TPSA) is 24.9 Å². The van der Waals surface area contributed by atoms with E-state index in [0.717, 1.165) is 44.0 Å². The number of rotatable bonds is 2. The lowest BCUT2D eigenvalue weighted by Crippen LogP contribution is -2.35. The van der Waals surface area contributed by atoms with Crippen LogP contribution in [0.2, 0.25) is 0 Å². The second kappa shape index (κ2) is 7.16. The predicted molar refractivity (Wildman–Crippen MR) is 98.6 cm³/mol. The highest BCUT2D eigenvalue weighted by atomic mass is 19.4. The van der Waals surface area contributed by atoms with Gasteiger partial charge in [-0.15, -0.1) is 0 Å². The van der Waals surface area contributed by atoms with Crippen LogP contribution in [0.3, 0.4) is 0 Å². The van der Waals surface area contributed by atoms with E-state index in [4.69, 9.17) is 0 Å². The summed E-state index contributed by atoms with van der Waals surface area (Å²) in [5.74, 6) is 0. The summed E-state index contributed by atoms with van der Waals surface area (Å²) in [5.41, 5.74) is -1.65. The number of fused-ring (bicyclic) bond motifs is 2. The standard InChI is InChI=1S/C21H18F6N2/c22-20(23,24)12-7-8-14-16(11-13-4-1-2-9-28-13)15-5-3-6-17(21(25,26)27)19(15)29-18(14)10-12/h3,5-8,10,13,28H,1-2,4,9,11H2. The van der Waals surface area contributed by atoms with E-state index < -0.39 is 23.5 Å². The minimum Gasteiger partial charge on any atom is -0.314 e. The summed E-state index contributed by atoms with van der Waals surface area (Å²) in [6.07, 6.45) is -5.92. The summed E-state index contributed by atoms with van der Waals surface area (Å²) in [5, 5.41) is 4.14. The number of pyridine rings is 1. The number of alkyl halides is 6. The summed E-state index contributed by atoms with van der Waals surface area (Å²) < 4.78 is 80.1. The van der Waals surface area contributed by atoms with E-state index in [0.29, 0.717) is 22.8 Å². The van der Waals surface area contributed by atoms with Gasteiger partial charge in [0.2, 0.25) is 0 Å². The first-order chi connectivity index (χ1) is 13.6. The molecule has 1 atom stereocenters. The number of aromatic nitrogens is 1. The highest BCUT2D eigenvalue weighted by Crippen LogP contribution is 2.39. The molecule has 0 bridgehead atoms. The van der Waals surface area contributed by atoms with Crippen molar-refractivity contribution < 1.29 is 26.3 Å². The van der Waals surface area contributed by atoms with Crippen molar-refractivity contribution in [3.8, 4) is 0 Å². The zero-order chi connectivity index (χ0) is 20.8. The van der Waals surface area contributed by atoms with Crippen LogP contribution in [0.5, 0.6) is 0 Å². The second-order valence-electron chi connectivity index (χ2n) is 7.37. The molecule has 3 aromatic rings. The summed E-state index contributed by atoms with van der Waals surface area (Å²) in [6.45, 7) is 0.817. The summed E-state index contributed by atoms with van der Waals surface area (Å²) in [4.78, 5) is 4.03. The molecule has 0 aliphatic carbocycles. The van der Waals surface area contributed by atoms with Crippen molar-refractivity contribution in [3.05, 3.63) is 53.1 Å². The van der Waals surface area contributed by atoms with Crippen LogP contribution >= 0.6 is 0 Å². The van der Waals surface area contributed by atoms with Crippen LogP contribution in [0, 0.1) is 0 Å². The van der Waals surface area contributed by atoms with Gasteiger partial charge < -0.3 is 5.32 Å². The summed E-state index contributed by atoms with van der Waals surface area (Å²) >= 11 is 0. The second-order valence-corrected chi connectivity index (χ2v) is 7.37. The Morgan fingerprint density at radius 1 is 0.931 bits per heavy atom. The maximum atomic E-state index is 13.5. The van der Waals surface area contributed by atoms with Crippen molar-refractivity contribution in [2.75, 3.05) is 6.54 Å². The highest BCUT2D eigenvalue weighted by Gasteiger charge is 2.35. The molecule has 1 aliphatic heterocycles. The summed E-state index contributed by atoms with van der Waals surface area (Å²) in [7, 11) is 0. The van der Waals surface area contributed by atoms with Gasteiger partial charge in [-0.05, 0) is 49.6 Å². The molecule has 1 N–H and O–H groups in total. The van der Waals surface area contributed by atoms with E-state index >= 15 is 0 Å². The molecular weight excluding hydrogens is 394 g/mol. The molecule has 1 unspecified atom stereocenters. The normalized spacial score (nSPS) is 18.5. The van der Waals surface area contributed by atoms with E-state index in [2.05, 4.69) is 10.3 Å². The number of para-hydroxylation sites is 1. The van der Waals surface area contributed by atoms with E-state index in [1.807, 2.05) is 0 Å². The Balaban J connectivity index is 1.99. The first-order valence-corrected chi connectivity index (χ1v) is 9.38. The van der Waals surface area contributed by atoms with Gasteiger partial charge in [0.1, 0.15) is 0 Å². The first kappa shape index (κ1) is 19.9. The molecular formula is C21H18F6N2. The van der Waals surface area contributed by atoms with E-state index in [9.17, 15) is 26.3 Å². The number of hydrogen-bond acceptors (Lipinski definition) is 2. The van der Waals surface area contributed by atoms with Gasteiger partial charge in [0.15, 0.2) is 0 Å². The van der Waals surface area contributed by atoms with Gasteiger partial charge in [-0.3, -0.25) is 0 Å². The maximum absolute atomic E-state index is 13.5. The smallest absolute Gasteiger partial charge is 0.314 e. The largest absolute Gasteiger partial charge is 0.418 e. The number of nitrogens with zero attached hydrogens (tertiary/aromatic N) is 1. The van der Waals surface area contributed by atoms with Crippen LogP contribution in [-0.2, 0) is 18.8 Å². The van der Waals surface area contributed by atoms with Crippen LogP contribution in [0.25, 0.3) is 21.8 Å². The number of nitrogens with one attached hydrogen (secondary N) is 1. The molecule has 2 aromatic carbocycles. The lowest BCUT2D eigenvalue weighted by molar-refractivity contribution is -0.138. The summed E-state index contributed by atoms with van der Waals surface area (Å²) in [6, 6.07) is 6.98. The minimum atomic E-state index is -4.65. The van der Waals surface area contributed by atoms with Gasteiger partial charge >= 0.3 is 12.4 Å². The average molecular weight is 412 g/mol. The molecule has 1 aromatic heterocycles. The molecule has 29 heavy (non-hydrogen) atoms. The lowest BCUT2D eigenvalue weighted by atomic mass is 9.91. The van der Waals surface area contributed by atoms with Crippen LogP contribution in [-0.4, -0.2) is 17.6 Å². The van der Waals surface area contributed by atoms with Gasteiger partial charge in [-0.25, -0.2) is 4.98 Å². The first-order valence-electron chi connectivity index (χ1n) is 9.38. The molecule has 2 nitrogen and oxygen atoms in total. The molecule has 8 heteroatoms. The molecule has 0 radical (unpaired) electrons. The molecule has 1 fully saturated rings. The van der Waals surface area contributed by atoms with Crippen LogP contribution < -0.4 is 5.32 Å². The van der Waals surface area contributed by atoms with Gasteiger partial charge in [0.25, 0.3) is 0 Å². The maximum Gasteiger partial charge on any atom is 0.418 e. The molecule has 4 rings (SSSR count). The van der Waals surface area contributed by atoms with Crippen LogP contribution in [0.15, 0.2) is 36.4 Å². The highest BCUT2D eigenvalue weighted by molar-refractivity contribution is 5.99. The number of halogens is 6. The lowest BCUT2D eigenvalue weighted by Gasteiger charge is -2.25. The van der Waals surface area contributed by atoms with Gasteiger partial charge in [0, 0.05) is 16.8 Å². The molecule has 2 heterocycles. The third-order valence-corrected chi connectivity index (χ3v) is 5.41. The molecule has 0 spiro atoms. The van der Waals surface area contributed by atoms with E-state index in [1.54, 1.807) is 6.07 Å². The molecule has 0 saturated carbocycles. The Morgan fingerprint density at radius 2 is 1.72 bits per heavy atom.